The van der Waals surface area contributed by atoms with E-state index in [1.807, 2.05) is 23.1 Å². The van der Waals surface area contributed by atoms with Gasteiger partial charge in [-0.2, -0.15) is 0 Å². The minimum absolute atomic E-state index is 0.184. The molecule has 0 atom stereocenters. The van der Waals surface area contributed by atoms with Crippen molar-refractivity contribution >= 4 is 11.6 Å². The average molecular weight is 244 g/mol. The molecule has 3 rings (SSSR count). The molecule has 1 heterocycles. The third-order valence-electron chi connectivity index (χ3n) is 4.30. The van der Waals surface area contributed by atoms with E-state index in [1.165, 1.54) is 25.7 Å². The SMILES string of the molecule is Nc1cccc2c1CN(C1CCCCCC1)C2=O. The second-order valence-corrected chi connectivity index (χ2v) is 5.45. The second kappa shape index (κ2) is 4.63. The third kappa shape index (κ3) is 1.88. The van der Waals surface area contributed by atoms with Crippen molar-refractivity contribution in [3.05, 3.63) is 29.3 Å². The Balaban J connectivity index is 1.85. The molecular formula is C15H20N2O. The molecule has 1 aromatic carbocycles. The van der Waals surface area contributed by atoms with Crippen LogP contribution in [0, 0.1) is 0 Å². The number of rotatable bonds is 1. The fourth-order valence-corrected chi connectivity index (χ4v) is 3.24. The smallest absolute Gasteiger partial charge is 0.254 e. The van der Waals surface area contributed by atoms with Crippen LogP contribution in [0.15, 0.2) is 18.2 Å². The molecule has 1 aliphatic heterocycles. The Hall–Kier alpha value is -1.51. The largest absolute Gasteiger partial charge is 0.398 e. The molecule has 1 fully saturated rings. The van der Waals surface area contributed by atoms with E-state index in [2.05, 4.69) is 0 Å². The van der Waals surface area contributed by atoms with E-state index >= 15 is 0 Å². The number of hydrogen-bond acceptors (Lipinski definition) is 2. The van der Waals surface area contributed by atoms with Gasteiger partial charge >= 0.3 is 0 Å². The molecule has 2 aliphatic rings. The minimum Gasteiger partial charge on any atom is -0.398 e. The molecule has 2 N–H and O–H groups in total. The number of anilines is 1. The summed E-state index contributed by atoms with van der Waals surface area (Å²) in [5, 5.41) is 0. The first-order valence-corrected chi connectivity index (χ1v) is 6.95. The Bertz CT molecular complexity index is 462. The Morgan fingerprint density at radius 2 is 1.83 bits per heavy atom. The van der Waals surface area contributed by atoms with Gasteiger partial charge < -0.3 is 10.6 Å². The van der Waals surface area contributed by atoms with E-state index in [9.17, 15) is 4.79 Å². The zero-order chi connectivity index (χ0) is 12.5. The minimum atomic E-state index is 0.184. The molecule has 96 valence electrons. The molecule has 1 amide bonds. The van der Waals surface area contributed by atoms with Crippen molar-refractivity contribution in [2.45, 2.75) is 51.1 Å². The van der Waals surface area contributed by atoms with Crippen LogP contribution in [-0.2, 0) is 6.54 Å². The summed E-state index contributed by atoms with van der Waals surface area (Å²) in [7, 11) is 0. The summed E-state index contributed by atoms with van der Waals surface area (Å²) in [5.41, 5.74) is 8.59. The lowest BCUT2D eigenvalue weighted by molar-refractivity contribution is 0.0686. The molecule has 1 aromatic rings. The number of hydrogen-bond donors (Lipinski definition) is 1. The number of nitrogen functional groups attached to an aromatic ring is 1. The molecule has 0 spiro atoms. The fourth-order valence-electron chi connectivity index (χ4n) is 3.24. The maximum atomic E-state index is 12.4. The van der Waals surface area contributed by atoms with Gasteiger partial charge in [-0.05, 0) is 25.0 Å². The van der Waals surface area contributed by atoms with Crippen LogP contribution < -0.4 is 5.73 Å². The van der Waals surface area contributed by atoms with Gasteiger partial charge in [0, 0.05) is 29.4 Å². The van der Waals surface area contributed by atoms with Gasteiger partial charge in [0.1, 0.15) is 0 Å². The predicted molar refractivity (Wildman–Crippen MR) is 72.2 cm³/mol. The lowest BCUT2D eigenvalue weighted by Crippen LogP contribution is -2.35. The Morgan fingerprint density at radius 1 is 1.11 bits per heavy atom. The molecule has 1 saturated carbocycles. The molecule has 0 radical (unpaired) electrons. The molecule has 18 heavy (non-hydrogen) atoms. The normalized spacial score (nSPS) is 20.9. The maximum Gasteiger partial charge on any atom is 0.254 e. The Labute approximate surface area is 108 Å². The molecule has 3 nitrogen and oxygen atoms in total. The first-order valence-electron chi connectivity index (χ1n) is 6.95. The number of benzene rings is 1. The molecule has 0 aromatic heterocycles. The quantitative estimate of drug-likeness (QED) is 0.610. The molecule has 0 saturated heterocycles. The van der Waals surface area contributed by atoms with Crippen molar-refractivity contribution in [3.63, 3.8) is 0 Å². The van der Waals surface area contributed by atoms with Crippen LogP contribution in [0.3, 0.4) is 0 Å². The maximum absolute atomic E-state index is 12.4. The second-order valence-electron chi connectivity index (χ2n) is 5.45. The summed E-state index contributed by atoms with van der Waals surface area (Å²) < 4.78 is 0. The van der Waals surface area contributed by atoms with Crippen molar-refractivity contribution in [3.8, 4) is 0 Å². The van der Waals surface area contributed by atoms with E-state index in [1.54, 1.807) is 0 Å². The highest BCUT2D eigenvalue weighted by Gasteiger charge is 2.33. The molecular weight excluding hydrogens is 224 g/mol. The van der Waals surface area contributed by atoms with E-state index in [4.69, 9.17) is 5.73 Å². The van der Waals surface area contributed by atoms with Gasteiger partial charge in [-0.1, -0.05) is 31.7 Å². The van der Waals surface area contributed by atoms with Crippen molar-refractivity contribution < 1.29 is 4.79 Å². The lowest BCUT2D eigenvalue weighted by Gasteiger charge is -2.26. The zero-order valence-electron chi connectivity index (χ0n) is 10.7. The highest BCUT2D eigenvalue weighted by atomic mass is 16.2. The van der Waals surface area contributed by atoms with Gasteiger partial charge in [0.25, 0.3) is 5.91 Å². The van der Waals surface area contributed by atoms with Crippen LogP contribution in [-0.4, -0.2) is 16.8 Å². The van der Waals surface area contributed by atoms with Crippen LogP contribution in [0.5, 0.6) is 0 Å². The van der Waals surface area contributed by atoms with Crippen LogP contribution >= 0.6 is 0 Å². The van der Waals surface area contributed by atoms with Gasteiger partial charge in [-0.25, -0.2) is 0 Å². The first-order chi connectivity index (χ1) is 8.77. The van der Waals surface area contributed by atoms with Gasteiger partial charge in [0.05, 0.1) is 0 Å². The third-order valence-corrected chi connectivity index (χ3v) is 4.30. The monoisotopic (exact) mass is 244 g/mol. The van der Waals surface area contributed by atoms with E-state index in [0.717, 1.165) is 29.7 Å². The summed E-state index contributed by atoms with van der Waals surface area (Å²) in [6.45, 7) is 0.714. The Kier molecular flexibility index (Phi) is 2.98. The highest BCUT2D eigenvalue weighted by Crippen LogP contribution is 2.32. The van der Waals surface area contributed by atoms with Crippen LogP contribution in [0.2, 0.25) is 0 Å². The van der Waals surface area contributed by atoms with E-state index in [0.29, 0.717) is 12.6 Å². The van der Waals surface area contributed by atoms with Crippen molar-refractivity contribution in [2.75, 3.05) is 5.73 Å². The number of nitrogens with two attached hydrogens (primary N) is 1. The predicted octanol–water partition coefficient (Wildman–Crippen LogP) is 2.95. The summed E-state index contributed by atoms with van der Waals surface area (Å²) >= 11 is 0. The number of carbonyl (C=O) groups is 1. The summed E-state index contributed by atoms with van der Waals surface area (Å²) in [5.74, 6) is 0.184. The van der Waals surface area contributed by atoms with E-state index < -0.39 is 0 Å². The van der Waals surface area contributed by atoms with Gasteiger partial charge in [0.2, 0.25) is 0 Å². The topological polar surface area (TPSA) is 46.3 Å². The van der Waals surface area contributed by atoms with Crippen LogP contribution in [0.1, 0.15) is 54.4 Å². The molecule has 0 bridgehead atoms. The summed E-state index contributed by atoms with van der Waals surface area (Å²) in [4.78, 5) is 14.5. The van der Waals surface area contributed by atoms with Gasteiger partial charge in [-0.3, -0.25) is 4.79 Å². The van der Waals surface area contributed by atoms with Crippen LogP contribution in [0.4, 0.5) is 5.69 Å². The van der Waals surface area contributed by atoms with Crippen molar-refractivity contribution in [1.29, 1.82) is 0 Å². The molecule has 0 unspecified atom stereocenters. The number of nitrogens with zero attached hydrogens (tertiary/aromatic N) is 1. The fraction of sp³-hybridized carbons (Fsp3) is 0.533. The first kappa shape index (κ1) is 11.6. The zero-order valence-corrected chi connectivity index (χ0v) is 10.7. The van der Waals surface area contributed by atoms with E-state index in [-0.39, 0.29) is 5.91 Å². The van der Waals surface area contributed by atoms with Crippen molar-refractivity contribution in [1.82, 2.24) is 4.90 Å². The molecule has 1 aliphatic carbocycles. The summed E-state index contributed by atoms with van der Waals surface area (Å²) in [6.07, 6.45) is 7.43. The number of amides is 1. The summed E-state index contributed by atoms with van der Waals surface area (Å²) in [6, 6.07) is 6.10. The molecule has 3 heteroatoms. The van der Waals surface area contributed by atoms with Crippen molar-refractivity contribution in [2.24, 2.45) is 0 Å². The lowest BCUT2D eigenvalue weighted by atomic mass is 10.1. The van der Waals surface area contributed by atoms with Gasteiger partial charge in [-0.15, -0.1) is 0 Å². The standard InChI is InChI=1S/C15H20N2O/c16-14-9-5-8-12-13(14)10-17(15(12)18)11-6-3-1-2-4-7-11/h5,8-9,11H,1-4,6-7,10,16H2. The Morgan fingerprint density at radius 3 is 2.50 bits per heavy atom. The highest BCUT2D eigenvalue weighted by molar-refractivity contribution is 6.00. The average Bonchev–Trinajstić information content (AvgIpc) is 2.57. The number of carbonyl (C=O) groups excluding carboxylic acids is 1. The van der Waals surface area contributed by atoms with Gasteiger partial charge in [0.15, 0.2) is 0 Å². The number of fused-ring (bicyclic) bond motifs is 1. The van der Waals surface area contributed by atoms with Crippen LogP contribution in [0.25, 0.3) is 0 Å².